The smallest absolute Gasteiger partial charge is 0.133 e. The van der Waals surface area contributed by atoms with Crippen LogP contribution in [0.1, 0.15) is 5.82 Å². The largest absolute Gasteiger partial charge is 0.225 e. The van der Waals surface area contributed by atoms with Crippen molar-refractivity contribution >= 4 is 11.6 Å². The zero-order chi connectivity index (χ0) is 6.53. The molecule has 0 aliphatic carbocycles. The molecule has 4 heteroatoms. The standard InChI is InChI=1S/C5H6ClN3/c6-2-1-5-8-3-7-4-9-5/h3-4H,1-2H2. The fraction of sp³-hybridized carbons (Fsp3) is 0.400. The minimum absolute atomic E-state index is 0.560. The number of aromatic nitrogens is 3. The van der Waals surface area contributed by atoms with Crippen molar-refractivity contribution in [2.24, 2.45) is 0 Å². The van der Waals surface area contributed by atoms with Crippen LogP contribution in [0.4, 0.5) is 0 Å². The molecule has 0 saturated heterocycles. The maximum atomic E-state index is 5.44. The van der Waals surface area contributed by atoms with Crippen LogP contribution in [0.5, 0.6) is 0 Å². The molecule has 0 N–H and O–H groups in total. The molecule has 0 aromatic carbocycles. The summed E-state index contributed by atoms with van der Waals surface area (Å²) in [6, 6.07) is 0. The van der Waals surface area contributed by atoms with Gasteiger partial charge in [-0.05, 0) is 0 Å². The van der Waals surface area contributed by atoms with Gasteiger partial charge in [-0.25, -0.2) is 15.0 Å². The van der Waals surface area contributed by atoms with Gasteiger partial charge in [0.2, 0.25) is 0 Å². The molecule has 1 aromatic rings. The summed E-state index contributed by atoms with van der Waals surface area (Å²) in [6.45, 7) is 0. The third-order valence-electron chi connectivity index (χ3n) is 0.865. The highest BCUT2D eigenvalue weighted by molar-refractivity contribution is 6.17. The molecule has 0 aliphatic rings. The molecule has 0 spiro atoms. The first-order valence-corrected chi connectivity index (χ1v) is 3.14. The topological polar surface area (TPSA) is 38.7 Å². The molecule has 1 rings (SSSR count). The second-order valence-electron chi connectivity index (χ2n) is 1.49. The van der Waals surface area contributed by atoms with Gasteiger partial charge in [0.05, 0.1) is 0 Å². The van der Waals surface area contributed by atoms with Crippen molar-refractivity contribution in [1.29, 1.82) is 0 Å². The van der Waals surface area contributed by atoms with Crippen molar-refractivity contribution in [1.82, 2.24) is 15.0 Å². The van der Waals surface area contributed by atoms with E-state index in [1.54, 1.807) is 0 Å². The van der Waals surface area contributed by atoms with Crippen molar-refractivity contribution in [2.75, 3.05) is 5.88 Å². The highest BCUT2D eigenvalue weighted by atomic mass is 35.5. The highest BCUT2D eigenvalue weighted by Crippen LogP contribution is 1.88. The third-order valence-corrected chi connectivity index (χ3v) is 1.05. The molecule has 0 unspecified atom stereocenters. The fourth-order valence-corrected chi connectivity index (χ4v) is 0.646. The van der Waals surface area contributed by atoms with Crippen LogP contribution in [-0.2, 0) is 6.42 Å². The van der Waals surface area contributed by atoms with E-state index in [-0.39, 0.29) is 0 Å². The minimum Gasteiger partial charge on any atom is -0.225 e. The van der Waals surface area contributed by atoms with Crippen LogP contribution in [0.25, 0.3) is 0 Å². The normalized spacial score (nSPS) is 9.44. The van der Waals surface area contributed by atoms with E-state index in [1.165, 1.54) is 12.7 Å². The van der Waals surface area contributed by atoms with Crippen molar-refractivity contribution in [3.8, 4) is 0 Å². The second-order valence-corrected chi connectivity index (χ2v) is 1.87. The molecule has 1 heterocycles. The number of nitrogens with zero attached hydrogens (tertiary/aromatic N) is 3. The Kier molecular flexibility index (Phi) is 2.39. The van der Waals surface area contributed by atoms with Gasteiger partial charge in [0.1, 0.15) is 18.5 Å². The molecule has 9 heavy (non-hydrogen) atoms. The van der Waals surface area contributed by atoms with E-state index in [1.807, 2.05) is 0 Å². The van der Waals surface area contributed by atoms with Gasteiger partial charge >= 0.3 is 0 Å². The van der Waals surface area contributed by atoms with E-state index in [0.717, 1.165) is 5.82 Å². The SMILES string of the molecule is ClCCc1ncncn1. The molecular weight excluding hydrogens is 138 g/mol. The van der Waals surface area contributed by atoms with E-state index in [4.69, 9.17) is 11.6 Å². The summed E-state index contributed by atoms with van der Waals surface area (Å²) in [5.41, 5.74) is 0. The van der Waals surface area contributed by atoms with Crippen molar-refractivity contribution < 1.29 is 0 Å². The fourth-order valence-electron chi connectivity index (χ4n) is 0.477. The van der Waals surface area contributed by atoms with E-state index < -0.39 is 0 Å². The molecule has 0 amide bonds. The van der Waals surface area contributed by atoms with E-state index in [0.29, 0.717) is 12.3 Å². The number of rotatable bonds is 2. The first kappa shape index (κ1) is 6.42. The molecule has 0 bridgehead atoms. The first-order valence-electron chi connectivity index (χ1n) is 2.60. The van der Waals surface area contributed by atoms with Crippen LogP contribution in [-0.4, -0.2) is 20.8 Å². The summed E-state index contributed by atoms with van der Waals surface area (Å²) in [6.07, 6.45) is 3.65. The third kappa shape index (κ3) is 1.93. The summed E-state index contributed by atoms with van der Waals surface area (Å²) in [5, 5.41) is 0. The van der Waals surface area contributed by atoms with E-state index >= 15 is 0 Å². The number of halogens is 1. The Morgan fingerprint density at radius 2 is 2.00 bits per heavy atom. The summed E-state index contributed by atoms with van der Waals surface area (Å²) in [5.74, 6) is 1.31. The molecule has 0 fully saturated rings. The molecule has 0 radical (unpaired) electrons. The summed E-state index contributed by atoms with van der Waals surface area (Å²) in [4.78, 5) is 11.4. The zero-order valence-electron chi connectivity index (χ0n) is 4.79. The Bertz CT molecular complexity index is 165. The number of aryl methyl sites for hydroxylation is 1. The summed E-state index contributed by atoms with van der Waals surface area (Å²) < 4.78 is 0. The van der Waals surface area contributed by atoms with Crippen LogP contribution < -0.4 is 0 Å². The Labute approximate surface area is 58.1 Å². The van der Waals surface area contributed by atoms with Gasteiger partial charge in [-0.3, -0.25) is 0 Å². The van der Waals surface area contributed by atoms with Gasteiger partial charge in [-0.15, -0.1) is 11.6 Å². The lowest BCUT2D eigenvalue weighted by atomic mass is 10.5. The first-order chi connectivity index (χ1) is 4.43. The molecule has 0 aliphatic heterocycles. The second kappa shape index (κ2) is 3.35. The van der Waals surface area contributed by atoms with Gasteiger partial charge in [0.25, 0.3) is 0 Å². The van der Waals surface area contributed by atoms with E-state index in [2.05, 4.69) is 15.0 Å². The quantitative estimate of drug-likeness (QED) is 0.571. The maximum Gasteiger partial charge on any atom is 0.133 e. The van der Waals surface area contributed by atoms with Crippen LogP contribution in [0, 0.1) is 0 Å². The summed E-state index contributed by atoms with van der Waals surface area (Å²) >= 11 is 5.44. The lowest BCUT2D eigenvalue weighted by Crippen LogP contribution is -1.94. The monoisotopic (exact) mass is 143 g/mol. The molecule has 1 aromatic heterocycles. The number of alkyl halides is 1. The molecule has 0 atom stereocenters. The van der Waals surface area contributed by atoms with Crippen LogP contribution in [0.3, 0.4) is 0 Å². The highest BCUT2D eigenvalue weighted by Gasteiger charge is 1.89. The molecule has 3 nitrogen and oxygen atoms in total. The van der Waals surface area contributed by atoms with Gasteiger partial charge in [-0.1, -0.05) is 0 Å². The Hall–Kier alpha value is -0.700. The van der Waals surface area contributed by atoms with Crippen molar-refractivity contribution in [3.05, 3.63) is 18.5 Å². The van der Waals surface area contributed by atoms with E-state index in [9.17, 15) is 0 Å². The zero-order valence-corrected chi connectivity index (χ0v) is 5.54. The van der Waals surface area contributed by atoms with Crippen molar-refractivity contribution in [2.45, 2.75) is 6.42 Å². The van der Waals surface area contributed by atoms with Crippen LogP contribution in [0.15, 0.2) is 12.7 Å². The maximum absolute atomic E-state index is 5.44. The average Bonchev–Trinajstić information content (AvgIpc) is 1.91. The predicted molar refractivity (Wildman–Crippen MR) is 34.3 cm³/mol. The van der Waals surface area contributed by atoms with Gasteiger partial charge < -0.3 is 0 Å². The lowest BCUT2D eigenvalue weighted by Gasteiger charge is -1.89. The minimum atomic E-state index is 0.560. The average molecular weight is 144 g/mol. The molecular formula is C5H6ClN3. The van der Waals surface area contributed by atoms with Crippen LogP contribution in [0.2, 0.25) is 0 Å². The Morgan fingerprint density at radius 1 is 1.33 bits per heavy atom. The van der Waals surface area contributed by atoms with Gasteiger partial charge in [-0.2, -0.15) is 0 Å². The van der Waals surface area contributed by atoms with Crippen LogP contribution >= 0.6 is 11.6 Å². The van der Waals surface area contributed by atoms with Gasteiger partial charge in [0, 0.05) is 12.3 Å². The van der Waals surface area contributed by atoms with Crippen molar-refractivity contribution in [3.63, 3.8) is 0 Å². The number of hydrogen-bond acceptors (Lipinski definition) is 3. The Morgan fingerprint density at radius 3 is 2.56 bits per heavy atom. The molecule has 0 saturated carbocycles. The summed E-state index contributed by atoms with van der Waals surface area (Å²) in [7, 11) is 0. The predicted octanol–water partition coefficient (Wildman–Crippen LogP) is 0.653. The Balaban J connectivity index is 2.61. The van der Waals surface area contributed by atoms with Gasteiger partial charge in [0.15, 0.2) is 0 Å². The number of hydrogen-bond donors (Lipinski definition) is 0. The molecule has 48 valence electrons. The lowest BCUT2D eigenvalue weighted by molar-refractivity contribution is 0.900.